The molecule has 2 rings (SSSR count). The molecule has 1 saturated heterocycles. The van der Waals surface area contributed by atoms with Crippen molar-refractivity contribution in [3.63, 3.8) is 0 Å². The van der Waals surface area contributed by atoms with Crippen LogP contribution in [0.2, 0.25) is 0 Å². The van der Waals surface area contributed by atoms with E-state index in [4.69, 9.17) is 4.74 Å². The number of anilines is 1. The fourth-order valence-corrected chi connectivity index (χ4v) is 1.30. The number of rotatable bonds is 2. The number of benzene rings is 1. The Morgan fingerprint density at radius 2 is 2.00 bits per heavy atom. The highest BCUT2D eigenvalue weighted by Gasteiger charge is 2.19. The second-order valence-electron chi connectivity index (χ2n) is 3.46. The normalized spacial score (nSPS) is 16.5. The van der Waals surface area contributed by atoms with Gasteiger partial charge in [-0.15, -0.1) is 0 Å². The molecule has 1 aromatic rings. The van der Waals surface area contributed by atoms with Gasteiger partial charge in [0.05, 0.1) is 24.9 Å². The van der Waals surface area contributed by atoms with Crippen LogP contribution in [0.5, 0.6) is 0 Å². The minimum Gasteiger partial charge on any atom is -0.377 e. The van der Waals surface area contributed by atoms with E-state index in [0.29, 0.717) is 18.8 Å². The highest BCUT2D eigenvalue weighted by Crippen LogP contribution is 2.20. The monoisotopic (exact) mass is 199 g/mol. The van der Waals surface area contributed by atoms with E-state index >= 15 is 0 Å². The standard InChI is InChI=1S/C10H11F2NO/c1-6-2-9(12)10(3-8(6)11)13-7-4-14-5-7/h2-3,7,13H,4-5H2,1H3. The lowest BCUT2D eigenvalue weighted by molar-refractivity contribution is 0.0210. The minimum absolute atomic E-state index is 0.103. The Morgan fingerprint density at radius 3 is 2.57 bits per heavy atom. The molecule has 0 unspecified atom stereocenters. The van der Waals surface area contributed by atoms with E-state index in [1.165, 1.54) is 19.1 Å². The van der Waals surface area contributed by atoms with Crippen molar-refractivity contribution in [3.05, 3.63) is 29.3 Å². The lowest BCUT2D eigenvalue weighted by Gasteiger charge is -2.28. The SMILES string of the molecule is Cc1cc(F)c(NC2COC2)cc1F. The summed E-state index contributed by atoms with van der Waals surface area (Å²) in [6.07, 6.45) is 0. The van der Waals surface area contributed by atoms with Gasteiger partial charge in [-0.3, -0.25) is 0 Å². The number of hydrogen-bond acceptors (Lipinski definition) is 2. The van der Waals surface area contributed by atoms with Gasteiger partial charge >= 0.3 is 0 Å². The summed E-state index contributed by atoms with van der Waals surface area (Å²) in [7, 11) is 0. The molecule has 1 N–H and O–H groups in total. The van der Waals surface area contributed by atoms with Gasteiger partial charge in [0.2, 0.25) is 0 Å². The maximum absolute atomic E-state index is 13.3. The van der Waals surface area contributed by atoms with Gasteiger partial charge in [-0.25, -0.2) is 8.78 Å². The van der Waals surface area contributed by atoms with Gasteiger partial charge in [-0.05, 0) is 18.6 Å². The third kappa shape index (κ3) is 1.70. The zero-order chi connectivity index (χ0) is 10.1. The molecule has 0 aliphatic carbocycles. The van der Waals surface area contributed by atoms with Crippen molar-refractivity contribution in [2.24, 2.45) is 0 Å². The van der Waals surface area contributed by atoms with E-state index in [1.807, 2.05) is 0 Å². The predicted molar refractivity (Wildman–Crippen MR) is 49.3 cm³/mol. The molecule has 1 fully saturated rings. The number of aryl methyl sites for hydroxylation is 1. The third-order valence-electron chi connectivity index (χ3n) is 2.25. The summed E-state index contributed by atoms with van der Waals surface area (Å²) in [5, 5.41) is 2.87. The first-order chi connectivity index (χ1) is 6.66. The summed E-state index contributed by atoms with van der Waals surface area (Å²) in [6, 6.07) is 2.48. The van der Waals surface area contributed by atoms with E-state index < -0.39 is 11.6 Å². The largest absolute Gasteiger partial charge is 0.377 e. The van der Waals surface area contributed by atoms with Crippen LogP contribution in [-0.2, 0) is 4.74 Å². The molecule has 4 heteroatoms. The van der Waals surface area contributed by atoms with E-state index in [-0.39, 0.29) is 11.7 Å². The molecule has 2 nitrogen and oxygen atoms in total. The summed E-state index contributed by atoms with van der Waals surface area (Å²) in [5.41, 5.74) is 0.527. The van der Waals surface area contributed by atoms with Gasteiger partial charge in [0.15, 0.2) is 0 Å². The molecular formula is C10H11F2NO. The van der Waals surface area contributed by atoms with Crippen molar-refractivity contribution >= 4 is 5.69 Å². The first-order valence-corrected chi connectivity index (χ1v) is 4.47. The molecule has 1 aliphatic rings. The first kappa shape index (κ1) is 9.40. The highest BCUT2D eigenvalue weighted by atomic mass is 19.1. The maximum atomic E-state index is 13.3. The second kappa shape index (κ2) is 3.53. The van der Waals surface area contributed by atoms with Crippen LogP contribution in [-0.4, -0.2) is 19.3 Å². The zero-order valence-corrected chi connectivity index (χ0v) is 7.81. The van der Waals surface area contributed by atoms with E-state index in [0.717, 1.165) is 0 Å². The lowest BCUT2D eigenvalue weighted by atomic mass is 10.1. The number of hydrogen-bond donors (Lipinski definition) is 1. The minimum atomic E-state index is -0.421. The van der Waals surface area contributed by atoms with E-state index in [9.17, 15) is 8.78 Å². The number of ether oxygens (including phenoxy) is 1. The van der Waals surface area contributed by atoms with Crippen molar-refractivity contribution in [2.45, 2.75) is 13.0 Å². The second-order valence-corrected chi connectivity index (χ2v) is 3.46. The zero-order valence-electron chi connectivity index (χ0n) is 7.81. The van der Waals surface area contributed by atoms with Gasteiger partial charge in [0.25, 0.3) is 0 Å². The van der Waals surface area contributed by atoms with Crippen molar-refractivity contribution in [2.75, 3.05) is 18.5 Å². The molecule has 1 aliphatic heterocycles. The van der Waals surface area contributed by atoms with Crippen molar-refractivity contribution in [3.8, 4) is 0 Å². The molecule has 0 bridgehead atoms. The fourth-order valence-electron chi connectivity index (χ4n) is 1.30. The Labute approximate surface area is 80.9 Å². The molecule has 76 valence electrons. The summed E-state index contributed by atoms with van der Waals surface area (Å²) < 4.78 is 31.3. The topological polar surface area (TPSA) is 21.3 Å². The lowest BCUT2D eigenvalue weighted by Crippen LogP contribution is -2.40. The van der Waals surface area contributed by atoms with E-state index in [2.05, 4.69) is 5.32 Å². The van der Waals surface area contributed by atoms with Gasteiger partial charge in [-0.1, -0.05) is 0 Å². The van der Waals surface area contributed by atoms with Crippen LogP contribution in [0.25, 0.3) is 0 Å². The summed E-state index contributed by atoms with van der Waals surface area (Å²) in [5.74, 6) is -0.815. The Bertz CT molecular complexity index is 350. The Morgan fingerprint density at radius 1 is 1.29 bits per heavy atom. The smallest absolute Gasteiger partial charge is 0.146 e. The van der Waals surface area contributed by atoms with Gasteiger partial charge in [0.1, 0.15) is 11.6 Å². The summed E-state index contributed by atoms with van der Waals surface area (Å²) >= 11 is 0. The molecule has 0 radical (unpaired) electrons. The molecule has 1 aromatic carbocycles. The number of nitrogens with one attached hydrogen (secondary N) is 1. The Kier molecular flexibility index (Phi) is 2.37. The van der Waals surface area contributed by atoms with Crippen LogP contribution in [0.1, 0.15) is 5.56 Å². The van der Waals surface area contributed by atoms with Crippen molar-refractivity contribution in [1.29, 1.82) is 0 Å². The predicted octanol–water partition coefficient (Wildman–Crippen LogP) is 2.08. The van der Waals surface area contributed by atoms with Crippen LogP contribution in [0.4, 0.5) is 14.5 Å². The molecule has 1 heterocycles. The molecule has 0 amide bonds. The van der Waals surface area contributed by atoms with Gasteiger partial charge in [-0.2, -0.15) is 0 Å². The third-order valence-corrected chi connectivity index (χ3v) is 2.25. The van der Waals surface area contributed by atoms with Crippen LogP contribution in [0.15, 0.2) is 12.1 Å². The summed E-state index contributed by atoms with van der Waals surface area (Å²) in [4.78, 5) is 0. The molecule has 14 heavy (non-hydrogen) atoms. The maximum Gasteiger partial charge on any atom is 0.146 e. The Hall–Kier alpha value is -1.16. The highest BCUT2D eigenvalue weighted by molar-refractivity contribution is 5.48. The first-order valence-electron chi connectivity index (χ1n) is 4.47. The molecule has 0 aromatic heterocycles. The van der Waals surface area contributed by atoms with Crippen molar-refractivity contribution < 1.29 is 13.5 Å². The van der Waals surface area contributed by atoms with Gasteiger partial charge in [0, 0.05) is 6.07 Å². The van der Waals surface area contributed by atoms with Crippen LogP contribution >= 0.6 is 0 Å². The van der Waals surface area contributed by atoms with Crippen LogP contribution in [0, 0.1) is 18.6 Å². The summed E-state index contributed by atoms with van der Waals surface area (Å²) in [6.45, 7) is 2.64. The molecule has 0 atom stereocenters. The van der Waals surface area contributed by atoms with Crippen LogP contribution in [0.3, 0.4) is 0 Å². The van der Waals surface area contributed by atoms with Crippen molar-refractivity contribution in [1.82, 2.24) is 0 Å². The fraction of sp³-hybridized carbons (Fsp3) is 0.400. The average molecular weight is 199 g/mol. The van der Waals surface area contributed by atoms with Crippen LogP contribution < -0.4 is 5.32 Å². The van der Waals surface area contributed by atoms with Gasteiger partial charge < -0.3 is 10.1 Å². The molecular weight excluding hydrogens is 188 g/mol. The molecule has 0 saturated carbocycles. The quantitative estimate of drug-likeness (QED) is 0.787. The molecule has 0 spiro atoms. The average Bonchev–Trinajstić information content (AvgIpc) is 2.06. The Balaban J connectivity index is 2.19. The van der Waals surface area contributed by atoms with E-state index in [1.54, 1.807) is 0 Å². The number of halogens is 2.